The predicted octanol–water partition coefficient (Wildman–Crippen LogP) is 1.77. The molecule has 6 nitrogen and oxygen atoms in total. The third-order valence-corrected chi connectivity index (χ3v) is 4.13. The molecule has 118 valence electrons. The summed E-state index contributed by atoms with van der Waals surface area (Å²) >= 11 is 0. The second kappa shape index (κ2) is 6.79. The van der Waals surface area contributed by atoms with Gasteiger partial charge in [0.1, 0.15) is 0 Å². The Morgan fingerprint density at radius 3 is 3.05 bits per heavy atom. The summed E-state index contributed by atoms with van der Waals surface area (Å²) in [5.41, 5.74) is 1.98. The van der Waals surface area contributed by atoms with Gasteiger partial charge in [-0.3, -0.25) is 5.10 Å². The largest absolute Gasteiger partial charge is 0.396 e. The number of aromatic nitrogens is 2. The van der Waals surface area contributed by atoms with Gasteiger partial charge in [-0.05, 0) is 29.9 Å². The van der Waals surface area contributed by atoms with E-state index in [1.54, 1.807) is 6.20 Å². The zero-order valence-corrected chi connectivity index (χ0v) is 12.5. The molecule has 1 saturated carbocycles. The zero-order valence-electron chi connectivity index (χ0n) is 12.5. The van der Waals surface area contributed by atoms with Gasteiger partial charge in [-0.2, -0.15) is 5.10 Å². The minimum absolute atomic E-state index is 0.132. The molecule has 1 atom stereocenters. The maximum Gasteiger partial charge on any atom is 0.315 e. The molecule has 0 aliphatic heterocycles. The first kappa shape index (κ1) is 14.8. The van der Waals surface area contributed by atoms with Crippen LogP contribution in [0.2, 0.25) is 0 Å². The number of aromatic amines is 1. The van der Waals surface area contributed by atoms with Crippen molar-refractivity contribution in [3.63, 3.8) is 0 Å². The molecule has 2 aromatic rings. The van der Waals surface area contributed by atoms with Gasteiger partial charge in [0, 0.05) is 25.1 Å². The molecular weight excluding hydrogens is 280 g/mol. The Morgan fingerprint density at radius 2 is 2.27 bits per heavy atom. The molecule has 6 heteroatoms. The van der Waals surface area contributed by atoms with E-state index in [9.17, 15) is 9.90 Å². The smallest absolute Gasteiger partial charge is 0.315 e. The molecule has 0 radical (unpaired) electrons. The number of H-pyrrole nitrogens is 1. The summed E-state index contributed by atoms with van der Waals surface area (Å²) in [6.07, 6.45) is 5.30. The van der Waals surface area contributed by atoms with Crippen LogP contribution in [0.15, 0.2) is 24.4 Å². The maximum absolute atomic E-state index is 11.8. The Hall–Kier alpha value is -2.08. The van der Waals surface area contributed by atoms with Gasteiger partial charge in [0.05, 0.1) is 11.7 Å². The Bertz CT molecular complexity index is 636. The minimum atomic E-state index is -0.195. The van der Waals surface area contributed by atoms with Gasteiger partial charge in [-0.15, -0.1) is 0 Å². The summed E-state index contributed by atoms with van der Waals surface area (Å²) in [5, 5.41) is 22.9. The number of nitrogens with zero attached hydrogens (tertiary/aromatic N) is 1. The lowest BCUT2D eigenvalue weighted by Gasteiger charge is -2.15. The summed E-state index contributed by atoms with van der Waals surface area (Å²) in [6, 6.07) is 5.73. The van der Waals surface area contributed by atoms with Crippen molar-refractivity contribution in [3.05, 3.63) is 30.0 Å². The maximum atomic E-state index is 11.8. The van der Waals surface area contributed by atoms with Crippen molar-refractivity contribution in [2.24, 2.45) is 11.8 Å². The number of aliphatic hydroxyl groups is 1. The van der Waals surface area contributed by atoms with Crippen molar-refractivity contribution in [3.8, 4) is 0 Å². The number of amides is 2. The van der Waals surface area contributed by atoms with Crippen molar-refractivity contribution in [2.45, 2.75) is 25.8 Å². The number of benzene rings is 1. The van der Waals surface area contributed by atoms with Crippen molar-refractivity contribution in [2.75, 3.05) is 13.2 Å². The van der Waals surface area contributed by atoms with Crippen LogP contribution in [0.3, 0.4) is 0 Å². The zero-order chi connectivity index (χ0) is 15.4. The summed E-state index contributed by atoms with van der Waals surface area (Å²) in [6.45, 7) is 1.12. The SMILES string of the molecule is O=C(NCc1ccc2cn[nH]c2c1)NCC(CO)CC1CC1. The number of nitrogens with one attached hydrogen (secondary N) is 3. The Morgan fingerprint density at radius 1 is 1.41 bits per heavy atom. The normalized spacial score (nSPS) is 15.7. The van der Waals surface area contributed by atoms with Crippen molar-refractivity contribution >= 4 is 16.9 Å². The van der Waals surface area contributed by atoms with Crippen LogP contribution in [-0.2, 0) is 6.54 Å². The highest BCUT2D eigenvalue weighted by molar-refractivity contribution is 5.78. The highest BCUT2D eigenvalue weighted by Gasteiger charge is 2.25. The van der Waals surface area contributed by atoms with E-state index >= 15 is 0 Å². The van der Waals surface area contributed by atoms with E-state index in [2.05, 4.69) is 20.8 Å². The van der Waals surface area contributed by atoms with Crippen LogP contribution >= 0.6 is 0 Å². The Kier molecular flexibility index (Phi) is 4.58. The van der Waals surface area contributed by atoms with Crippen LogP contribution in [0.1, 0.15) is 24.8 Å². The molecular formula is C16H22N4O2. The quantitative estimate of drug-likeness (QED) is 0.628. The Balaban J connectivity index is 1.42. The Labute approximate surface area is 129 Å². The minimum Gasteiger partial charge on any atom is -0.396 e. The molecule has 0 saturated heterocycles. The van der Waals surface area contributed by atoms with E-state index < -0.39 is 0 Å². The van der Waals surface area contributed by atoms with Gasteiger partial charge in [0.2, 0.25) is 0 Å². The molecule has 1 unspecified atom stereocenters. The van der Waals surface area contributed by atoms with Crippen molar-refractivity contribution in [1.82, 2.24) is 20.8 Å². The van der Waals surface area contributed by atoms with Crippen LogP contribution in [-0.4, -0.2) is 34.5 Å². The first-order chi connectivity index (χ1) is 10.7. The number of fused-ring (bicyclic) bond motifs is 1. The van der Waals surface area contributed by atoms with E-state index in [1.165, 1.54) is 12.8 Å². The van der Waals surface area contributed by atoms with Gasteiger partial charge in [-0.1, -0.05) is 25.0 Å². The van der Waals surface area contributed by atoms with E-state index in [1.807, 2.05) is 18.2 Å². The fourth-order valence-corrected chi connectivity index (χ4v) is 2.62. The molecule has 1 heterocycles. The highest BCUT2D eigenvalue weighted by atomic mass is 16.3. The van der Waals surface area contributed by atoms with Gasteiger partial charge in [-0.25, -0.2) is 4.79 Å². The fourth-order valence-electron chi connectivity index (χ4n) is 2.62. The molecule has 1 aromatic heterocycles. The summed E-state index contributed by atoms with van der Waals surface area (Å²) < 4.78 is 0. The molecule has 1 aliphatic rings. The van der Waals surface area contributed by atoms with E-state index in [4.69, 9.17) is 0 Å². The number of hydrogen-bond acceptors (Lipinski definition) is 3. The van der Waals surface area contributed by atoms with Gasteiger partial charge in [0.15, 0.2) is 0 Å². The third-order valence-electron chi connectivity index (χ3n) is 4.13. The molecule has 4 N–H and O–H groups in total. The van der Waals surface area contributed by atoms with Gasteiger partial charge < -0.3 is 15.7 Å². The van der Waals surface area contributed by atoms with Crippen LogP contribution in [0.4, 0.5) is 4.79 Å². The van der Waals surface area contributed by atoms with Gasteiger partial charge in [0.25, 0.3) is 0 Å². The monoisotopic (exact) mass is 302 g/mol. The topological polar surface area (TPSA) is 90.0 Å². The average molecular weight is 302 g/mol. The molecule has 3 rings (SSSR count). The summed E-state index contributed by atoms with van der Waals surface area (Å²) in [4.78, 5) is 11.8. The third kappa shape index (κ3) is 3.98. The number of carbonyl (C=O) groups excluding carboxylic acids is 1. The van der Waals surface area contributed by atoms with Gasteiger partial charge >= 0.3 is 6.03 Å². The summed E-state index contributed by atoms with van der Waals surface area (Å²) in [5.74, 6) is 0.919. The molecule has 0 spiro atoms. The number of rotatable bonds is 7. The first-order valence-corrected chi connectivity index (χ1v) is 7.79. The second-order valence-electron chi connectivity index (χ2n) is 6.08. The number of aliphatic hydroxyl groups excluding tert-OH is 1. The van der Waals surface area contributed by atoms with Crippen molar-refractivity contribution in [1.29, 1.82) is 0 Å². The fraction of sp³-hybridized carbons (Fsp3) is 0.500. The van der Waals surface area contributed by atoms with Crippen molar-refractivity contribution < 1.29 is 9.90 Å². The average Bonchev–Trinajstić information content (AvgIpc) is 3.23. The second-order valence-corrected chi connectivity index (χ2v) is 6.08. The first-order valence-electron chi connectivity index (χ1n) is 7.79. The molecule has 0 bridgehead atoms. The predicted molar refractivity (Wildman–Crippen MR) is 84.2 cm³/mol. The molecule has 1 aromatic carbocycles. The molecule has 1 fully saturated rings. The molecule has 1 aliphatic carbocycles. The lowest BCUT2D eigenvalue weighted by atomic mass is 10.0. The standard InChI is InChI=1S/C16H22N4O2/c21-10-13(5-11-1-2-11)8-18-16(22)17-7-12-3-4-14-9-19-20-15(14)6-12/h3-4,6,9,11,13,21H,1-2,5,7-8,10H2,(H,19,20)(H2,17,18,22). The van der Waals surface area contributed by atoms with Crippen LogP contribution in [0.5, 0.6) is 0 Å². The molecule has 2 amide bonds. The molecule has 22 heavy (non-hydrogen) atoms. The van der Waals surface area contributed by atoms with E-state index in [0.717, 1.165) is 28.8 Å². The number of hydrogen-bond donors (Lipinski definition) is 4. The number of carbonyl (C=O) groups is 1. The van der Waals surface area contributed by atoms with Crippen LogP contribution < -0.4 is 10.6 Å². The number of urea groups is 1. The van der Waals surface area contributed by atoms with E-state index in [0.29, 0.717) is 13.1 Å². The van der Waals surface area contributed by atoms with Crippen LogP contribution in [0.25, 0.3) is 10.9 Å². The lowest BCUT2D eigenvalue weighted by molar-refractivity contribution is 0.204. The van der Waals surface area contributed by atoms with Crippen LogP contribution in [0, 0.1) is 11.8 Å². The van der Waals surface area contributed by atoms with E-state index in [-0.39, 0.29) is 18.6 Å². The highest BCUT2D eigenvalue weighted by Crippen LogP contribution is 2.34. The lowest BCUT2D eigenvalue weighted by Crippen LogP contribution is -2.38. The summed E-state index contributed by atoms with van der Waals surface area (Å²) in [7, 11) is 0.